The summed E-state index contributed by atoms with van der Waals surface area (Å²) in [6.07, 6.45) is 0.745. The van der Waals surface area contributed by atoms with Gasteiger partial charge in [0, 0.05) is 23.1 Å². The van der Waals surface area contributed by atoms with E-state index < -0.39 is 5.72 Å². The third-order valence-electron chi connectivity index (χ3n) is 4.85. The minimum Gasteiger partial charge on any atom is -0.467 e. The van der Waals surface area contributed by atoms with Crippen LogP contribution < -0.4 is 24.4 Å². The first kappa shape index (κ1) is 15.1. The number of nitrogens with zero attached hydrogens (tertiary/aromatic N) is 1. The van der Waals surface area contributed by atoms with E-state index in [2.05, 4.69) is 12.2 Å². The molecular weight excluding hydrogens is 360 g/mol. The van der Waals surface area contributed by atoms with E-state index in [0.29, 0.717) is 15.9 Å². The number of ether oxygens (including phenoxy) is 3. The number of halogens is 1. The Bertz CT molecular complexity index is 906. The van der Waals surface area contributed by atoms with Crippen molar-refractivity contribution in [1.82, 2.24) is 5.32 Å². The van der Waals surface area contributed by atoms with Gasteiger partial charge in [0.25, 0.3) is 0 Å². The lowest BCUT2D eigenvalue weighted by Crippen LogP contribution is -2.65. The molecule has 0 radical (unpaired) electrons. The van der Waals surface area contributed by atoms with Gasteiger partial charge >= 0.3 is 0 Å². The molecule has 3 heterocycles. The van der Waals surface area contributed by atoms with Crippen molar-refractivity contribution < 1.29 is 14.2 Å². The Morgan fingerprint density at radius 3 is 2.84 bits per heavy atom. The topological polar surface area (TPSA) is 43.0 Å². The largest absolute Gasteiger partial charge is 0.467 e. The molecule has 0 aromatic heterocycles. The van der Waals surface area contributed by atoms with Crippen LogP contribution in [0.5, 0.6) is 17.2 Å². The first-order chi connectivity index (χ1) is 12.0. The van der Waals surface area contributed by atoms with Gasteiger partial charge in [-0.05, 0) is 49.5 Å². The SMILES string of the molecule is C[C@@]12C[C@@H](NC(=S)N1c1ccc3c(c1)OCO3)c1cc(Cl)ccc1O2. The molecule has 5 rings (SSSR count). The van der Waals surface area contributed by atoms with E-state index in [1.807, 2.05) is 41.3 Å². The molecule has 25 heavy (non-hydrogen) atoms. The molecule has 0 unspecified atom stereocenters. The van der Waals surface area contributed by atoms with Crippen LogP contribution in [0.3, 0.4) is 0 Å². The number of thiocarbonyl (C=S) groups is 1. The maximum atomic E-state index is 6.37. The molecule has 1 N–H and O–H groups in total. The summed E-state index contributed by atoms with van der Waals surface area (Å²) in [5, 5.41) is 4.72. The lowest BCUT2D eigenvalue weighted by Gasteiger charge is -2.52. The van der Waals surface area contributed by atoms with Gasteiger partial charge < -0.3 is 19.5 Å². The second-order valence-electron chi connectivity index (χ2n) is 6.54. The number of nitrogens with one attached hydrogen (secondary N) is 1. The molecule has 0 amide bonds. The van der Waals surface area contributed by atoms with Crippen LogP contribution >= 0.6 is 23.8 Å². The Morgan fingerprint density at radius 2 is 1.96 bits per heavy atom. The minimum absolute atomic E-state index is 0.0743. The van der Waals surface area contributed by atoms with Crippen LogP contribution in [0.25, 0.3) is 0 Å². The Hall–Kier alpha value is -2.18. The van der Waals surface area contributed by atoms with Gasteiger partial charge in [-0.2, -0.15) is 0 Å². The fraction of sp³-hybridized carbons (Fsp3) is 0.278. The van der Waals surface area contributed by atoms with Crippen molar-refractivity contribution in [3.05, 3.63) is 47.0 Å². The molecule has 3 aliphatic heterocycles. The van der Waals surface area contributed by atoms with E-state index in [4.69, 9.17) is 38.0 Å². The van der Waals surface area contributed by atoms with Crippen molar-refractivity contribution in [2.45, 2.75) is 25.1 Å². The number of fused-ring (bicyclic) bond motifs is 5. The summed E-state index contributed by atoms with van der Waals surface area (Å²) >= 11 is 11.8. The summed E-state index contributed by atoms with van der Waals surface area (Å²) in [6, 6.07) is 11.6. The zero-order chi connectivity index (χ0) is 17.2. The maximum Gasteiger partial charge on any atom is 0.231 e. The van der Waals surface area contributed by atoms with Gasteiger partial charge in [0.05, 0.1) is 11.7 Å². The van der Waals surface area contributed by atoms with Crippen molar-refractivity contribution in [3.63, 3.8) is 0 Å². The first-order valence-corrected chi connectivity index (χ1v) is 8.81. The number of hydrogen-bond acceptors (Lipinski definition) is 4. The highest BCUT2D eigenvalue weighted by Gasteiger charge is 2.48. The third kappa shape index (κ3) is 2.24. The zero-order valence-electron chi connectivity index (χ0n) is 13.4. The average molecular weight is 375 g/mol. The summed E-state index contributed by atoms with van der Waals surface area (Å²) in [6.45, 7) is 2.29. The third-order valence-corrected chi connectivity index (χ3v) is 5.38. The van der Waals surface area contributed by atoms with Gasteiger partial charge in [-0.15, -0.1) is 0 Å². The minimum atomic E-state index is -0.596. The Morgan fingerprint density at radius 1 is 1.16 bits per heavy atom. The van der Waals surface area contributed by atoms with Gasteiger partial charge in [-0.1, -0.05) is 11.6 Å². The summed E-state index contributed by atoms with van der Waals surface area (Å²) in [4.78, 5) is 2.00. The molecule has 2 atom stereocenters. The van der Waals surface area contributed by atoms with E-state index in [1.54, 1.807) is 0 Å². The lowest BCUT2D eigenvalue weighted by atomic mass is 9.90. The molecule has 1 fully saturated rings. The molecule has 5 nitrogen and oxygen atoms in total. The van der Waals surface area contributed by atoms with Crippen molar-refractivity contribution in [1.29, 1.82) is 0 Å². The predicted molar refractivity (Wildman–Crippen MR) is 98.6 cm³/mol. The highest BCUT2D eigenvalue weighted by Crippen LogP contribution is 2.47. The van der Waals surface area contributed by atoms with Crippen LogP contribution in [0, 0.1) is 0 Å². The molecule has 2 aromatic carbocycles. The standard InChI is InChI=1S/C18H15ClN2O3S/c1-18-8-13(12-6-10(19)2-4-14(12)24-18)20-17(25)21(18)11-3-5-15-16(7-11)23-9-22-15/h2-7,13H,8-9H2,1H3,(H,20,25)/t13-,18-/m1/s1. The summed E-state index contributed by atoms with van der Waals surface area (Å²) in [5.41, 5.74) is 1.35. The number of hydrogen-bond donors (Lipinski definition) is 1. The van der Waals surface area contributed by atoms with Gasteiger partial charge in [-0.25, -0.2) is 0 Å². The predicted octanol–water partition coefficient (Wildman–Crippen LogP) is 4.00. The van der Waals surface area contributed by atoms with Crippen molar-refractivity contribution >= 4 is 34.6 Å². The van der Waals surface area contributed by atoms with Gasteiger partial charge in [0.2, 0.25) is 6.79 Å². The van der Waals surface area contributed by atoms with Gasteiger partial charge in [0.1, 0.15) is 5.75 Å². The molecule has 3 aliphatic rings. The van der Waals surface area contributed by atoms with E-state index in [-0.39, 0.29) is 12.8 Å². The fourth-order valence-electron chi connectivity index (χ4n) is 3.76. The van der Waals surface area contributed by atoms with E-state index in [1.165, 1.54) is 0 Å². The van der Waals surface area contributed by atoms with Gasteiger partial charge in [-0.3, -0.25) is 4.90 Å². The molecule has 0 saturated carbocycles. The maximum absolute atomic E-state index is 6.37. The summed E-state index contributed by atoms with van der Waals surface area (Å²) in [7, 11) is 0. The van der Waals surface area contributed by atoms with Gasteiger partial charge in [0.15, 0.2) is 22.3 Å². The number of benzene rings is 2. The van der Waals surface area contributed by atoms with Crippen LogP contribution in [0.15, 0.2) is 36.4 Å². The van der Waals surface area contributed by atoms with Crippen molar-refractivity contribution in [3.8, 4) is 17.2 Å². The van der Waals surface area contributed by atoms with E-state index in [0.717, 1.165) is 29.2 Å². The number of anilines is 1. The monoisotopic (exact) mass is 374 g/mol. The molecule has 0 spiro atoms. The van der Waals surface area contributed by atoms with Crippen LogP contribution in [-0.4, -0.2) is 17.6 Å². The van der Waals surface area contributed by atoms with Crippen LogP contribution in [0.1, 0.15) is 24.9 Å². The van der Waals surface area contributed by atoms with Crippen LogP contribution in [-0.2, 0) is 0 Å². The van der Waals surface area contributed by atoms with E-state index in [9.17, 15) is 0 Å². The smallest absolute Gasteiger partial charge is 0.231 e. The molecule has 7 heteroatoms. The van der Waals surface area contributed by atoms with E-state index >= 15 is 0 Å². The second kappa shape index (κ2) is 5.16. The summed E-state index contributed by atoms with van der Waals surface area (Å²) < 4.78 is 17.3. The highest BCUT2D eigenvalue weighted by atomic mass is 35.5. The Labute approximate surface area is 155 Å². The lowest BCUT2D eigenvalue weighted by molar-refractivity contribution is 0.0497. The fourth-order valence-corrected chi connectivity index (χ4v) is 4.38. The second-order valence-corrected chi connectivity index (χ2v) is 7.36. The molecule has 0 aliphatic carbocycles. The molecule has 2 bridgehead atoms. The quantitative estimate of drug-likeness (QED) is 0.761. The summed E-state index contributed by atoms with van der Waals surface area (Å²) in [5.74, 6) is 2.28. The zero-order valence-corrected chi connectivity index (χ0v) is 15.0. The van der Waals surface area contributed by atoms with Crippen LogP contribution in [0.2, 0.25) is 5.02 Å². The molecular formula is C18H15ClN2O3S. The average Bonchev–Trinajstić information content (AvgIpc) is 3.03. The molecule has 2 aromatic rings. The van der Waals surface area contributed by atoms with Crippen LogP contribution in [0.4, 0.5) is 5.69 Å². The van der Waals surface area contributed by atoms with Crippen molar-refractivity contribution in [2.75, 3.05) is 11.7 Å². The Balaban J connectivity index is 1.58. The molecule has 128 valence electrons. The Kier molecular flexibility index (Phi) is 3.12. The molecule has 1 saturated heterocycles. The van der Waals surface area contributed by atoms with Crippen molar-refractivity contribution in [2.24, 2.45) is 0 Å². The highest BCUT2D eigenvalue weighted by molar-refractivity contribution is 7.80. The first-order valence-electron chi connectivity index (χ1n) is 8.02. The number of rotatable bonds is 1. The normalized spacial score (nSPS) is 25.9.